The highest BCUT2D eigenvalue weighted by molar-refractivity contribution is 5.73. The fraction of sp³-hybridized carbons (Fsp3) is 0.167. The van der Waals surface area contributed by atoms with Crippen LogP contribution in [0.4, 0.5) is 11.5 Å². The highest BCUT2D eigenvalue weighted by Gasteiger charge is 2.11. The van der Waals surface area contributed by atoms with Crippen molar-refractivity contribution in [3.8, 4) is 17.0 Å². The molecule has 0 atom stereocenters. The molecule has 8 nitrogen and oxygen atoms in total. The van der Waals surface area contributed by atoms with E-state index in [1.54, 1.807) is 10.9 Å². The van der Waals surface area contributed by atoms with E-state index >= 15 is 0 Å². The Morgan fingerprint density at radius 2 is 2.00 bits per heavy atom. The Balaban J connectivity index is 1.62. The van der Waals surface area contributed by atoms with Crippen LogP contribution in [0.25, 0.3) is 16.9 Å². The van der Waals surface area contributed by atoms with Crippen LogP contribution in [0.3, 0.4) is 0 Å². The molecule has 0 saturated heterocycles. The van der Waals surface area contributed by atoms with Crippen molar-refractivity contribution in [1.29, 1.82) is 0 Å². The van der Waals surface area contributed by atoms with Crippen LogP contribution in [0, 0.1) is 0 Å². The molecule has 0 radical (unpaired) electrons. The molecule has 3 aromatic heterocycles. The number of rotatable bonds is 6. The number of imidazole rings is 1. The number of aryl methyl sites for hydroxylation is 1. The number of nitrogens with zero attached hydrogens (tertiary/aromatic N) is 5. The number of ether oxygens (including phenoxy) is 1. The molecule has 0 aliphatic carbocycles. The van der Waals surface area contributed by atoms with E-state index in [1.165, 1.54) is 0 Å². The Bertz CT molecular complexity index is 1020. The first kappa shape index (κ1) is 16.1. The summed E-state index contributed by atoms with van der Waals surface area (Å²) in [6.07, 6.45) is 9.17. The van der Waals surface area contributed by atoms with Gasteiger partial charge in [-0.05, 0) is 24.3 Å². The molecular weight excluding hydrogens is 332 g/mol. The van der Waals surface area contributed by atoms with Gasteiger partial charge in [0.15, 0.2) is 11.5 Å². The minimum atomic E-state index is -0.00886. The summed E-state index contributed by atoms with van der Waals surface area (Å²) in [5, 5.41) is 16.3. The van der Waals surface area contributed by atoms with E-state index in [-0.39, 0.29) is 13.2 Å². The summed E-state index contributed by atoms with van der Waals surface area (Å²) in [5.41, 5.74) is 3.54. The molecular formula is C18H18N6O2. The van der Waals surface area contributed by atoms with Crippen LogP contribution in [-0.2, 0) is 7.05 Å². The van der Waals surface area contributed by atoms with Gasteiger partial charge in [0.1, 0.15) is 12.4 Å². The number of aliphatic hydroxyl groups is 1. The maximum atomic E-state index is 8.80. The van der Waals surface area contributed by atoms with Gasteiger partial charge >= 0.3 is 0 Å². The Morgan fingerprint density at radius 3 is 2.73 bits per heavy atom. The van der Waals surface area contributed by atoms with Gasteiger partial charge in [-0.15, -0.1) is 0 Å². The third-order valence-corrected chi connectivity index (χ3v) is 3.91. The van der Waals surface area contributed by atoms with Gasteiger partial charge in [0.25, 0.3) is 0 Å². The summed E-state index contributed by atoms with van der Waals surface area (Å²) in [5.74, 6) is 1.36. The quantitative estimate of drug-likeness (QED) is 0.554. The van der Waals surface area contributed by atoms with Crippen LogP contribution in [-0.4, -0.2) is 42.5 Å². The Labute approximate surface area is 149 Å². The zero-order valence-corrected chi connectivity index (χ0v) is 14.2. The van der Waals surface area contributed by atoms with Crippen molar-refractivity contribution < 1.29 is 9.84 Å². The van der Waals surface area contributed by atoms with Gasteiger partial charge in [-0.2, -0.15) is 5.10 Å². The first-order valence-corrected chi connectivity index (χ1v) is 8.16. The largest absolute Gasteiger partial charge is 0.491 e. The highest BCUT2D eigenvalue weighted by atomic mass is 16.5. The summed E-state index contributed by atoms with van der Waals surface area (Å²) >= 11 is 0. The van der Waals surface area contributed by atoms with Crippen LogP contribution < -0.4 is 10.1 Å². The van der Waals surface area contributed by atoms with Crippen LogP contribution in [0.15, 0.2) is 55.2 Å². The van der Waals surface area contributed by atoms with Crippen molar-refractivity contribution in [3.63, 3.8) is 0 Å². The van der Waals surface area contributed by atoms with Gasteiger partial charge in [-0.25, -0.2) is 9.97 Å². The van der Waals surface area contributed by atoms with E-state index in [9.17, 15) is 0 Å². The van der Waals surface area contributed by atoms with Crippen molar-refractivity contribution in [1.82, 2.24) is 24.1 Å². The summed E-state index contributed by atoms with van der Waals surface area (Å²) < 4.78 is 9.10. The van der Waals surface area contributed by atoms with E-state index < -0.39 is 0 Å². The number of benzene rings is 1. The second kappa shape index (κ2) is 6.85. The fourth-order valence-corrected chi connectivity index (χ4v) is 2.71. The number of aliphatic hydroxyl groups excluding tert-OH is 1. The Morgan fingerprint density at radius 1 is 1.15 bits per heavy atom. The molecule has 1 aromatic carbocycles. The second-order valence-corrected chi connectivity index (χ2v) is 5.74. The van der Waals surface area contributed by atoms with Crippen molar-refractivity contribution >= 4 is 17.2 Å². The van der Waals surface area contributed by atoms with Crippen molar-refractivity contribution in [2.24, 2.45) is 7.05 Å². The zero-order chi connectivity index (χ0) is 17.9. The third kappa shape index (κ3) is 3.09. The first-order valence-electron chi connectivity index (χ1n) is 8.16. The average molecular weight is 350 g/mol. The Hall–Kier alpha value is -3.39. The summed E-state index contributed by atoms with van der Waals surface area (Å²) in [7, 11) is 1.88. The highest BCUT2D eigenvalue weighted by Crippen LogP contribution is 2.25. The van der Waals surface area contributed by atoms with Gasteiger partial charge in [0.2, 0.25) is 0 Å². The number of fused-ring (bicyclic) bond motifs is 1. The molecule has 0 aliphatic heterocycles. The van der Waals surface area contributed by atoms with Crippen LogP contribution in [0.1, 0.15) is 0 Å². The molecule has 3 heterocycles. The number of anilines is 2. The van der Waals surface area contributed by atoms with Gasteiger partial charge in [0, 0.05) is 36.9 Å². The SMILES string of the molecule is Cn1cc(-c2cnc3c(Nc4ccc(OCCO)cc4)nccn23)cn1. The van der Waals surface area contributed by atoms with Crippen molar-refractivity contribution in [3.05, 3.63) is 55.2 Å². The minimum Gasteiger partial charge on any atom is -0.491 e. The molecule has 4 rings (SSSR count). The van der Waals surface area contributed by atoms with Gasteiger partial charge in [0.05, 0.1) is 24.7 Å². The lowest BCUT2D eigenvalue weighted by atomic mass is 10.3. The molecule has 2 N–H and O–H groups in total. The van der Waals surface area contributed by atoms with E-state index in [1.807, 2.05) is 60.5 Å². The summed E-state index contributed by atoms with van der Waals surface area (Å²) in [6, 6.07) is 7.46. The molecule has 0 saturated carbocycles. The fourth-order valence-electron chi connectivity index (χ4n) is 2.71. The molecule has 0 spiro atoms. The third-order valence-electron chi connectivity index (χ3n) is 3.91. The molecule has 26 heavy (non-hydrogen) atoms. The molecule has 132 valence electrons. The molecule has 0 bridgehead atoms. The predicted octanol–water partition coefficient (Wildman–Crippen LogP) is 2.24. The first-order chi connectivity index (χ1) is 12.7. The number of aromatic nitrogens is 5. The number of hydrogen-bond acceptors (Lipinski definition) is 6. The molecule has 0 fully saturated rings. The maximum Gasteiger partial charge on any atom is 0.180 e. The summed E-state index contributed by atoms with van der Waals surface area (Å²) in [6.45, 7) is 0.268. The topological polar surface area (TPSA) is 89.5 Å². The second-order valence-electron chi connectivity index (χ2n) is 5.74. The standard InChI is InChI=1S/C18H18N6O2/c1-23-12-13(10-21-23)16-11-20-18-17(19-6-7-24(16)18)22-14-2-4-15(5-3-14)26-9-8-25/h2-7,10-12,25H,8-9H2,1H3,(H,19,22). The molecule has 4 aromatic rings. The Kier molecular flexibility index (Phi) is 4.24. The van der Waals surface area contributed by atoms with Gasteiger partial charge < -0.3 is 15.2 Å². The zero-order valence-electron chi connectivity index (χ0n) is 14.2. The van der Waals surface area contributed by atoms with E-state index in [0.29, 0.717) is 11.6 Å². The van der Waals surface area contributed by atoms with Gasteiger partial charge in [-0.1, -0.05) is 0 Å². The lowest BCUT2D eigenvalue weighted by Crippen LogP contribution is -2.02. The monoisotopic (exact) mass is 350 g/mol. The van der Waals surface area contributed by atoms with E-state index in [0.717, 1.165) is 22.6 Å². The van der Waals surface area contributed by atoms with Crippen LogP contribution in [0.5, 0.6) is 5.75 Å². The van der Waals surface area contributed by atoms with Crippen molar-refractivity contribution in [2.45, 2.75) is 0 Å². The smallest absolute Gasteiger partial charge is 0.180 e. The molecule has 0 aliphatic rings. The minimum absolute atomic E-state index is 0.00886. The lowest BCUT2D eigenvalue weighted by molar-refractivity contribution is 0.201. The van der Waals surface area contributed by atoms with E-state index in [2.05, 4.69) is 20.4 Å². The van der Waals surface area contributed by atoms with Gasteiger partial charge in [-0.3, -0.25) is 9.08 Å². The molecule has 0 amide bonds. The lowest BCUT2D eigenvalue weighted by Gasteiger charge is -2.09. The molecule has 8 heteroatoms. The van der Waals surface area contributed by atoms with Crippen molar-refractivity contribution in [2.75, 3.05) is 18.5 Å². The van der Waals surface area contributed by atoms with E-state index in [4.69, 9.17) is 9.84 Å². The molecule has 0 unspecified atom stereocenters. The maximum absolute atomic E-state index is 8.80. The summed E-state index contributed by atoms with van der Waals surface area (Å²) in [4.78, 5) is 8.91. The average Bonchev–Trinajstić information content (AvgIpc) is 3.28. The predicted molar refractivity (Wildman–Crippen MR) is 97.5 cm³/mol. The normalized spacial score (nSPS) is 11.0. The van der Waals surface area contributed by atoms with Crippen LogP contribution >= 0.6 is 0 Å². The number of nitrogens with one attached hydrogen (secondary N) is 1. The number of hydrogen-bond donors (Lipinski definition) is 2. The van der Waals surface area contributed by atoms with Crippen LogP contribution in [0.2, 0.25) is 0 Å².